The van der Waals surface area contributed by atoms with Crippen molar-refractivity contribution in [3.05, 3.63) is 162 Å². The molecule has 0 aliphatic rings. The molecule has 8 heteroatoms. The Labute approximate surface area is 278 Å². The van der Waals surface area contributed by atoms with Gasteiger partial charge in [-0.1, -0.05) is 109 Å². The Balaban J connectivity index is 1.40. The SMILES string of the molecule is O=c1c2cc3c4ccccc4n(-c4ccccc4)c3cc2n(-c2nc(-c3ccccc3)nc(-c3ccccc3)n2)c2nc3ccccc3n12. The average molecular weight is 632 g/mol. The zero-order valence-electron chi connectivity index (χ0n) is 26.0. The van der Waals surface area contributed by atoms with Gasteiger partial charge in [-0.15, -0.1) is 0 Å². The van der Waals surface area contributed by atoms with E-state index in [0.717, 1.165) is 38.6 Å². The number of para-hydroxylation sites is 4. The first-order valence-electron chi connectivity index (χ1n) is 16.0. The van der Waals surface area contributed by atoms with Crippen molar-refractivity contribution in [2.24, 2.45) is 0 Å². The van der Waals surface area contributed by atoms with E-state index in [1.54, 1.807) is 4.40 Å². The van der Waals surface area contributed by atoms with Gasteiger partial charge in [0.05, 0.1) is 33.0 Å². The molecule has 0 unspecified atom stereocenters. The maximum atomic E-state index is 14.6. The highest BCUT2D eigenvalue weighted by Gasteiger charge is 2.23. The molecule has 0 aliphatic carbocycles. The molecule has 8 nitrogen and oxygen atoms in total. The van der Waals surface area contributed by atoms with Gasteiger partial charge in [-0.25, -0.2) is 18.9 Å². The van der Waals surface area contributed by atoms with Crippen molar-refractivity contribution in [1.82, 2.24) is 33.5 Å². The van der Waals surface area contributed by atoms with Crippen molar-refractivity contribution in [2.75, 3.05) is 0 Å². The number of benzene rings is 6. The van der Waals surface area contributed by atoms with Crippen LogP contribution in [0.4, 0.5) is 0 Å². The summed E-state index contributed by atoms with van der Waals surface area (Å²) in [7, 11) is 0. The van der Waals surface area contributed by atoms with Gasteiger partial charge in [-0.2, -0.15) is 9.97 Å². The molecule has 6 aromatic carbocycles. The predicted molar refractivity (Wildman–Crippen MR) is 194 cm³/mol. The smallest absolute Gasteiger partial charge is 0.267 e. The number of hydrogen-bond donors (Lipinski definition) is 0. The van der Waals surface area contributed by atoms with E-state index >= 15 is 0 Å². The van der Waals surface area contributed by atoms with E-state index < -0.39 is 0 Å². The molecule has 4 aromatic heterocycles. The molecule has 0 atom stereocenters. The normalized spacial score (nSPS) is 11.8. The van der Waals surface area contributed by atoms with Gasteiger partial charge < -0.3 is 4.57 Å². The number of fused-ring (bicyclic) bond motifs is 7. The molecule has 0 amide bonds. The lowest BCUT2D eigenvalue weighted by Crippen LogP contribution is -2.20. The van der Waals surface area contributed by atoms with E-state index in [9.17, 15) is 4.79 Å². The predicted octanol–water partition coefficient (Wildman–Crippen LogP) is 8.41. The first kappa shape index (κ1) is 27.2. The molecule has 0 bridgehead atoms. The maximum absolute atomic E-state index is 14.6. The quantitative estimate of drug-likeness (QED) is 0.195. The molecule has 0 spiro atoms. The van der Waals surface area contributed by atoms with Gasteiger partial charge in [-0.05, 0) is 42.5 Å². The Bertz CT molecular complexity index is 2890. The maximum Gasteiger partial charge on any atom is 0.267 e. The van der Waals surface area contributed by atoms with Crippen molar-refractivity contribution in [1.29, 1.82) is 0 Å². The van der Waals surface area contributed by atoms with Crippen molar-refractivity contribution in [3.63, 3.8) is 0 Å². The van der Waals surface area contributed by atoms with Crippen molar-refractivity contribution in [2.45, 2.75) is 0 Å². The highest BCUT2D eigenvalue weighted by atomic mass is 16.1. The lowest BCUT2D eigenvalue weighted by Gasteiger charge is -2.15. The molecule has 0 saturated heterocycles. The molecule has 0 aliphatic heterocycles. The number of aromatic nitrogens is 7. The fourth-order valence-corrected chi connectivity index (χ4v) is 6.90. The summed E-state index contributed by atoms with van der Waals surface area (Å²) in [5, 5.41) is 2.56. The molecular weight excluding hydrogens is 606 g/mol. The minimum absolute atomic E-state index is 0.158. The molecule has 4 heterocycles. The third-order valence-electron chi connectivity index (χ3n) is 9.11. The van der Waals surface area contributed by atoms with Crippen molar-refractivity contribution < 1.29 is 0 Å². The fraction of sp³-hybridized carbons (Fsp3) is 0. The highest BCUT2D eigenvalue weighted by molar-refractivity contribution is 6.13. The van der Waals surface area contributed by atoms with Crippen molar-refractivity contribution in [3.8, 4) is 34.4 Å². The number of imidazole rings is 1. The zero-order chi connectivity index (χ0) is 32.5. The van der Waals surface area contributed by atoms with Crippen LogP contribution in [0.15, 0.2) is 156 Å². The van der Waals surface area contributed by atoms with Gasteiger partial charge in [-0.3, -0.25) is 4.79 Å². The topological polar surface area (TPSA) is 82.9 Å². The lowest BCUT2D eigenvalue weighted by molar-refractivity contribution is 0.910. The average Bonchev–Trinajstić information content (AvgIpc) is 3.71. The molecule has 0 fully saturated rings. The molecule has 0 saturated carbocycles. The van der Waals surface area contributed by atoms with E-state index in [2.05, 4.69) is 34.9 Å². The minimum atomic E-state index is -0.158. The summed E-state index contributed by atoms with van der Waals surface area (Å²) in [6.07, 6.45) is 0. The van der Waals surface area contributed by atoms with Gasteiger partial charge in [0.1, 0.15) is 0 Å². The molecule has 10 rings (SSSR count). The summed E-state index contributed by atoms with van der Waals surface area (Å²) in [5.74, 6) is 1.82. The third-order valence-corrected chi connectivity index (χ3v) is 9.11. The monoisotopic (exact) mass is 631 g/mol. The van der Waals surface area contributed by atoms with Crippen LogP contribution in [0.2, 0.25) is 0 Å². The summed E-state index contributed by atoms with van der Waals surface area (Å²) in [4.78, 5) is 34.7. The standard InChI is InChI=1S/C41H25N7O/c49-39-31-24-30-29-20-10-12-22-33(29)46(28-18-8-3-9-19-28)35(30)25-36(31)48(41-42-32-21-11-13-23-34(32)47(39)41)40-44-37(26-14-4-1-5-15-26)43-38(45-40)27-16-6-2-7-17-27/h1-25H. The Morgan fingerprint density at radius 1 is 0.429 bits per heavy atom. The number of nitrogens with zero attached hydrogens (tertiary/aromatic N) is 7. The van der Waals surface area contributed by atoms with E-state index in [1.165, 1.54) is 0 Å². The third kappa shape index (κ3) is 4.14. The summed E-state index contributed by atoms with van der Waals surface area (Å²) in [6, 6.07) is 50.1. The van der Waals surface area contributed by atoms with E-state index in [4.69, 9.17) is 19.9 Å². The molecular formula is C41H25N7O. The molecule has 0 radical (unpaired) electrons. The van der Waals surface area contributed by atoms with Gasteiger partial charge >= 0.3 is 0 Å². The Morgan fingerprint density at radius 2 is 1.00 bits per heavy atom. The molecule has 49 heavy (non-hydrogen) atoms. The van der Waals surface area contributed by atoms with Crippen LogP contribution in [-0.4, -0.2) is 33.5 Å². The Morgan fingerprint density at radius 3 is 1.69 bits per heavy atom. The van der Waals surface area contributed by atoms with Crippen LogP contribution in [0, 0.1) is 0 Å². The zero-order valence-corrected chi connectivity index (χ0v) is 26.0. The summed E-state index contributed by atoms with van der Waals surface area (Å²) >= 11 is 0. The van der Waals surface area contributed by atoms with E-state index in [1.807, 2.05) is 126 Å². The Kier molecular flexibility index (Phi) is 5.86. The Hall–Kier alpha value is -6.93. The second-order valence-electron chi connectivity index (χ2n) is 12.0. The number of rotatable bonds is 4. The van der Waals surface area contributed by atoms with Crippen LogP contribution in [0.3, 0.4) is 0 Å². The van der Waals surface area contributed by atoms with Crippen LogP contribution in [0.1, 0.15) is 0 Å². The first-order valence-corrected chi connectivity index (χ1v) is 16.0. The first-order chi connectivity index (χ1) is 24.2. The van der Waals surface area contributed by atoms with Gasteiger partial charge in [0.15, 0.2) is 11.6 Å². The lowest BCUT2D eigenvalue weighted by atomic mass is 10.1. The fourth-order valence-electron chi connectivity index (χ4n) is 6.90. The molecule has 10 aromatic rings. The van der Waals surface area contributed by atoms with Crippen LogP contribution in [0.5, 0.6) is 0 Å². The van der Waals surface area contributed by atoms with Gasteiger partial charge in [0.2, 0.25) is 11.7 Å². The molecule has 230 valence electrons. The second kappa shape index (κ2) is 10.5. The van der Waals surface area contributed by atoms with Gasteiger partial charge in [0.25, 0.3) is 5.56 Å². The summed E-state index contributed by atoms with van der Waals surface area (Å²) < 4.78 is 5.82. The molecule has 0 N–H and O–H groups in total. The van der Waals surface area contributed by atoms with Gasteiger partial charge in [0, 0.05) is 27.6 Å². The van der Waals surface area contributed by atoms with Crippen LogP contribution < -0.4 is 5.56 Å². The summed E-state index contributed by atoms with van der Waals surface area (Å²) in [6.45, 7) is 0. The van der Waals surface area contributed by atoms with Crippen LogP contribution in [0.25, 0.3) is 83.9 Å². The summed E-state index contributed by atoms with van der Waals surface area (Å²) in [5.41, 5.74) is 6.62. The number of hydrogen-bond acceptors (Lipinski definition) is 5. The minimum Gasteiger partial charge on any atom is -0.309 e. The van der Waals surface area contributed by atoms with Crippen LogP contribution in [-0.2, 0) is 0 Å². The van der Waals surface area contributed by atoms with E-state index in [-0.39, 0.29) is 5.56 Å². The largest absolute Gasteiger partial charge is 0.309 e. The second-order valence-corrected chi connectivity index (χ2v) is 12.0. The van der Waals surface area contributed by atoms with Crippen molar-refractivity contribution >= 4 is 49.5 Å². The van der Waals surface area contributed by atoms with Crippen LogP contribution >= 0.6 is 0 Å². The van der Waals surface area contributed by atoms with E-state index in [0.29, 0.717) is 45.3 Å². The highest BCUT2D eigenvalue weighted by Crippen LogP contribution is 2.35.